The van der Waals surface area contributed by atoms with Crippen LogP contribution in [0, 0.1) is 25.2 Å². The number of hydrogen-bond donors (Lipinski definition) is 1. The Hall–Kier alpha value is -4.04. The zero-order valence-electron chi connectivity index (χ0n) is 16.8. The monoisotopic (exact) mass is 395 g/mol. The van der Waals surface area contributed by atoms with Crippen molar-refractivity contribution in [3.05, 3.63) is 95.2 Å². The Morgan fingerprint density at radius 1 is 1.13 bits per heavy atom. The predicted octanol–water partition coefficient (Wildman–Crippen LogP) is 5.06. The molecule has 0 saturated carbocycles. The van der Waals surface area contributed by atoms with Crippen LogP contribution >= 0.6 is 0 Å². The standard InChI is InChI=1S/C25H21N3O2/c1-17-13-20(14-21(15-26)25(29)27-16-22-9-6-12-30-22)18(2)28(17)24-11-5-8-19-7-3-4-10-23(19)24/h3-14H,16H2,1-2H3,(H,27,29)/b21-14+. The molecule has 4 rings (SSSR count). The maximum Gasteiger partial charge on any atom is 0.262 e. The van der Waals surface area contributed by atoms with Gasteiger partial charge in [-0.05, 0) is 55.1 Å². The third-order valence-corrected chi connectivity index (χ3v) is 5.15. The smallest absolute Gasteiger partial charge is 0.262 e. The van der Waals surface area contributed by atoms with Crippen LogP contribution in [0.25, 0.3) is 22.5 Å². The molecule has 148 valence electrons. The number of fused-ring (bicyclic) bond motifs is 1. The Morgan fingerprint density at radius 3 is 2.70 bits per heavy atom. The predicted molar refractivity (Wildman–Crippen MR) is 117 cm³/mol. The maximum atomic E-state index is 12.5. The molecule has 0 fully saturated rings. The molecule has 5 heteroatoms. The first-order valence-electron chi connectivity index (χ1n) is 9.68. The molecule has 0 saturated heterocycles. The lowest BCUT2D eigenvalue weighted by Crippen LogP contribution is -2.23. The maximum absolute atomic E-state index is 12.5. The third kappa shape index (κ3) is 3.63. The molecule has 0 radical (unpaired) electrons. The van der Waals surface area contributed by atoms with E-state index in [9.17, 15) is 10.1 Å². The second-order valence-corrected chi connectivity index (χ2v) is 7.09. The Balaban J connectivity index is 1.69. The summed E-state index contributed by atoms with van der Waals surface area (Å²) in [4.78, 5) is 12.5. The summed E-state index contributed by atoms with van der Waals surface area (Å²) in [5.41, 5.74) is 3.97. The molecule has 4 aromatic rings. The topological polar surface area (TPSA) is 71.0 Å². The molecular formula is C25H21N3O2. The van der Waals surface area contributed by atoms with Crippen LogP contribution < -0.4 is 5.32 Å². The van der Waals surface area contributed by atoms with Gasteiger partial charge in [0, 0.05) is 16.8 Å². The summed E-state index contributed by atoms with van der Waals surface area (Å²) in [5.74, 6) is 0.207. The van der Waals surface area contributed by atoms with Crippen molar-refractivity contribution in [1.29, 1.82) is 5.26 Å². The number of nitrogens with zero attached hydrogens (tertiary/aromatic N) is 2. The normalized spacial score (nSPS) is 11.4. The SMILES string of the molecule is Cc1cc(/C=C(\C#N)C(=O)NCc2ccco2)c(C)n1-c1cccc2ccccc12. The van der Waals surface area contributed by atoms with Crippen LogP contribution in [-0.2, 0) is 11.3 Å². The molecule has 0 bridgehead atoms. The van der Waals surface area contributed by atoms with E-state index in [-0.39, 0.29) is 12.1 Å². The Morgan fingerprint density at radius 2 is 1.93 bits per heavy atom. The number of hydrogen-bond acceptors (Lipinski definition) is 3. The van der Waals surface area contributed by atoms with Crippen LogP contribution in [0.1, 0.15) is 22.7 Å². The summed E-state index contributed by atoms with van der Waals surface area (Å²) < 4.78 is 7.37. The first-order valence-corrected chi connectivity index (χ1v) is 9.68. The first-order chi connectivity index (χ1) is 14.6. The van der Waals surface area contributed by atoms with E-state index in [0.29, 0.717) is 5.76 Å². The van der Waals surface area contributed by atoms with Gasteiger partial charge in [-0.2, -0.15) is 5.26 Å². The molecule has 0 aliphatic rings. The molecule has 0 aliphatic carbocycles. The fraction of sp³-hybridized carbons (Fsp3) is 0.120. The van der Waals surface area contributed by atoms with Crippen molar-refractivity contribution in [2.75, 3.05) is 0 Å². The number of furan rings is 1. The number of carbonyl (C=O) groups excluding carboxylic acids is 1. The molecule has 2 aromatic carbocycles. The molecule has 30 heavy (non-hydrogen) atoms. The van der Waals surface area contributed by atoms with Crippen molar-refractivity contribution in [2.45, 2.75) is 20.4 Å². The van der Waals surface area contributed by atoms with Gasteiger partial charge in [-0.1, -0.05) is 36.4 Å². The van der Waals surface area contributed by atoms with Gasteiger partial charge in [0.05, 0.1) is 18.5 Å². The van der Waals surface area contributed by atoms with E-state index in [1.807, 2.05) is 44.2 Å². The first kappa shape index (κ1) is 19.3. The fourth-order valence-corrected chi connectivity index (χ4v) is 3.69. The zero-order valence-corrected chi connectivity index (χ0v) is 16.8. The lowest BCUT2D eigenvalue weighted by atomic mass is 10.1. The Bertz CT molecular complexity index is 1280. The van der Waals surface area contributed by atoms with Crippen molar-refractivity contribution in [3.63, 3.8) is 0 Å². The minimum atomic E-state index is -0.427. The molecule has 0 spiro atoms. The Labute approximate surface area is 174 Å². The average Bonchev–Trinajstić information content (AvgIpc) is 3.37. The highest BCUT2D eigenvalue weighted by Crippen LogP contribution is 2.28. The van der Waals surface area contributed by atoms with E-state index in [1.54, 1.807) is 24.5 Å². The van der Waals surface area contributed by atoms with Crippen molar-refractivity contribution < 1.29 is 9.21 Å². The second-order valence-electron chi connectivity index (χ2n) is 7.09. The van der Waals surface area contributed by atoms with Gasteiger partial charge in [0.2, 0.25) is 0 Å². The average molecular weight is 395 g/mol. The van der Waals surface area contributed by atoms with Crippen molar-refractivity contribution >= 4 is 22.8 Å². The molecule has 2 aromatic heterocycles. The minimum absolute atomic E-state index is 0.0553. The zero-order chi connectivity index (χ0) is 21.1. The van der Waals surface area contributed by atoms with E-state index in [0.717, 1.165) is 33.4 Å². The summed E-state index contributed by atoms with van der Waals surface area (Å²) in [6.07, 6.45) is 3.19. The lowest BCUT2D eigenvalue weighted by molar-refractivity contribution is -0.117. The van der Waals surface area contributed by atoms with Crippen LogP contribution in [0.4, 0.5) is 0 Å². The van der Waals surface area contributed by atoms with E-state index in [2.05, 4.69) is 34.1 Å². The highest BCUT2D eigenvalue weighted by atomic mass is 16.3. The van der Waals surface area contributed by atoms with E-state index < -0.39 is 5.91 Å². The number of benzene rings is 2. The van der Waals surface area contributed by atoms with Gasteiger partial charge in [0.1, 0.15) is 17.4 Å². The van der Waals surface area contributed by atoms with Gasteiger partial charge >= 0.3 is 0 Å². The molecular weight excluding hydrogens is 374 g/mol. The molecule has 2 heterocycles. The molecule has 0 unspecified atom stereocenters. The van der Waals surface area contributed by atoms with E-state index in [4.69, 9.17) is 4.42 Å². The fourth-order valence-electron chi connectivity index (χ4n) is 3.69. The van der Waals surface area contributed by atoms with Gasteiger partial charge in [0.15, 0.2) is 0 Å². The number of nitriles is 1. The van der Waals surface area contributed by atoms with Gasteiger partial charge in [-0.15, -0.1) is 0 Å². The van der Waals surface area contributed by atoms with Crippen LogP contribution in [0.5, 0.6) is 0 Å². The summed E-state index contributed by atoms with van der Waals surface area (Å²) in [6.45, 7) is 4.26. The van der Waals surface area contributed by atoms with Crippen LogP contribution in [-0.4, -0.2) is 10.5 Å². The minimum Gasteiger partial charge on any atom is -0.467 e. The van der Waals surface area contributed by atoms with Gasteiger partial charge in [0.25, 0.3) is 5.91 Å². The number of amides is 1. The molecule has 5 nitrogen and oxygen atoms in total. The Kier molecular flexibility index (Phi) is 5.23. The number of nitrogens with one attached hydrogen (secondary N) is 1. The molecule has 1 amide bonds. The number of carbonyl (C=O) groups is 1. The number of rotatable bonds is 5. The lowest BCUT2D eigenvalue weighted by Gasteiger charge is -2.13. The molecule has 1 N–H and O–H groups in total. The quantitative estimate of drug-likeness (QED) is 0.379. The number of aryl methyl sites for hydroxylation is 1. The summed E-state index contributed by atoms with van der Waals surface area (Å²) in [7, 11) is 0. The number of aromatic nitrogens is 1. The van der Waals surface area contributed by atoms with Gasteiger partial charge in [-0.3, -0.25) is 4.79 Å². The summed E-state index contributed by atoms with van der Waals surface area (Å²) in [5, 5.41) is 14.6. The van der Waals surface area contributed by atoms with E-state index in [1.165, 1.54) is 0 Å². The molecule has 0 atom stereocenters. The highest BCUT2D eigenvalue weighted by Gasteiger charge is 2.15. The molecule has 0 aliphatic heterocycles. The van der Waals surface area contributed by atoms with Crippen molar-refractivity contribution in [3.8, 4) is 11.8 Å². The van der Waals surface area contributed by atoms with Crippen LogP contribution in [0.3, 0.4) is 0 Å². The van der Waals surface area contributed by atoms with Crippen molar-refractivity contribution in [2.24, 2.45) is 0 Å². The van der Waals surface area contributed by atoms with Gasteiger partial charge < -0.3 is 14.3 Å². The highest BCUT2D eigenvalue weighted by molar-refractivity contribution is 6.01. The van der Waals surface area contributed by atoms with Crippen molar-refractivity contribution in [1.82, 2.24) is 9.88 Å². The summed E-state index contributed by atoms with van der Waals surface area (Å²) >= 11 is 0. The van der Waals surface area contributed by atoms with Crippen LogP contribution in [0.15, 0.2) is 76.9 Å². The van der Waals surface area contributed by atoms with Gasteiger partial charge in [-0.25, -0.2) is 0 Å². The van der Waals surface area contributed by atoms with E-state index >= 15 is 0 Å². The second kappa shape index (κ2) is 8.14. The largest absolute Gasteiger partial charge is 0.467 e. The third-order valence-electron chi connectivity index (χ3n) is 5.15. The summed E-state index contributed by atoms with van der Waals surface area (Å²) in [6, 6.07) is 22.0. The van der Waals surface area contributed by atoms with Crippen LogP contribution in [0.2, 0.25) is 0 Å².